The molecule has 3 aromatic rings. The Kier molecular flexibility index (Phi) is 6.21. The molecule has 0 saturated heterocycles. The van der Waals surface area contributed by atoms with Crippen LogP contribution in [0, 0.1) is 0 Å². The highest BCUT2D eigenvalue weighted by atomic mass is 31.1. The zero-order valence-corrected chi connectivity index (χ0v) is 17.6. The molecule has 1 aliphatic rings. The van der Waals surface area contributed by atoms with Crippen LogP contribution in [0.15, 0.2) is 54.7 Å². The number of carbonyl (C=O) groups is 1. The van der Waals surface area contributed by atoms with Gasteiger partial charge in [0.25, 0.3) is 5.91 Å². The highest BCUT2D eigenvalue weighted by Crippen LogP contribution is 2.29. The van der Waals surface area contributed by atoms with Crippen molar-refractivity contribution in [3.05, 3.63) is 65.9 Å². The van der Waals surface area contributed by atoms with E-state index in [0.717, 1.165) is 34.4 Å². The van der Waals surface area contributed by atoms with Gasteiger partial charge >= 0.3 is 0 Å². The van der Waals surface area contributed by atoms with Crippen LogP contribution in [0.2, 0.25) is 0 Å². The number of nitrogens with zero attached hydrogens (tertiary/aromatic N) is 3. The molecule has 2 aromatic carbocycles. The van der Waals surface area contributed by atoms with Gasteiger partial charge in [0.15, 0.2) is 0 Å². The molecule has 1 aliphatic heterocycles. The Bertz CT molecular complexity index is 1040. The number of amides is 1. The van der Waals surface area contributed by atoms with Gasteiger partial charge in [-0.1, -0.05) is 12.1 Å². The maximum atomic E-state index is 13.0. The standard InChI is InChI=1S/C22H23N4O3P/c1-2-23-22-24-10-9-19(25-22)16-5-8-20-17(13-16)14-26(11-12-29-20)21(27)15-3-6-18(30-28)7-4-15/h3-10,13,28,30H,2,11-12,14H2,1H3,(H,23,24,25). The fraction of sp³-hybridized carbons (Fsp3) is 0.227. The van der Waals surface area contributed by atoms with E-state index >= 15 is 0 Å². The van der Waals surface area contributed by atoms with Crippen LogP contribution in [0.4, 0.5) is 5.95 Å². The van der Waals surface area contributed by atoms with Crippen molar-refractivity contribution in [2.45, 2.75) is 13.5 Å². The number of nitrogens with one attached hydrogen (secondary N) is 1. The van der Waals surface area contributed by atoms with Gasteiger partial charge in [-0.05, 0) is 48.6 Å². The van der Waals surface area contributed by atoms with E-state index in [1.54, 1.807) is 35.4 Å². The zero-order chi connectivity index (χ0) is 20.9. The Labute approximate surface area is 177 Å². The molecule has 154 valence electrons. The molecule has 30 heavy (non-hydrogen) atoms. The van der Waals surface area contributed by atoms with E-state index in [4.69, 9.17) is 4.74 Å². The molecule has 1 aromatic heterocycles. The topological polar surface area (TPSA) is 87.6 Å². The summed E-state index contributed by atoms with van der Waals surface area (Å²) < 4.78 is 5.88. The van der Waals surface area contributed by atoms with Crippen molar-refractivity contribution >= 4 is 26.0 Å². The van der Waals surface area contributed by atoms with Crippen LogP contribution in [0.1, 0.15) is 22.8 Å². The maximum absolute atomic E-state index is 13.0. The molecule has 2 N–H and O–H groups in total. The largest absolute Gasteiger partial charge is 0.491 e. The molecule has 2 heterocycles. The first-order valence-electron chi connectivity index (χ1n) is 9.80. The number of aromatic nitrogens is 2. The predicted octanol–water partition coefficient (Wildman–Crippen LogP) is 2.82. The van der Waals surface area contributed by atoms with Crippen molar-refractivity contribution in [3.63, 3.8) is 0 Å². The third-order valence-corrected chi connectivity index (χ3v) is 5.47. The Morgan fingerprint density at radius 3 is 2.83 bits per heavy atom. The van der Waals surface area contributed by atoms with Gasteiger partial charge in [-0.2, -0.15) is 0 Å². The molecule has 8 heteroatoms. The lowest BCUT2D eigenvalue weighted by Crippen LogP contribution is -2.32. The van der Waals surface area contributed by atoms with Gasteiger partial charge in [-0.3, -0.25) is 4.79 Å². The number of fused-ring (bicyclic) bond motifs is 1. The van der Waals surface area contributed by atoms with Gasteiger partial charge in [0, 0.05) is 44.8 Å². The summed E-state index contributed by atoms with van der Waals surface area (Å²) in [5.41, 5.74) is 3.30. The van der Waals surface area contributed by atoms with Crippen LogP contribution >= 0.6 is 8.81 Å². The van der Waals surface area contributed by atoms with Crippen LogP contribution in [0.3, 0.4) is 0 Å². The van der Waals surface area contributed by atoms with Crippen LogP contribution < -0.4 is 15.4 Å². The van der Waals surface area contributed by atoms with Gasteiger partial charge in [-0.15, -0.1) is 0 Å². The van der Waals surface area contributed by atoms with Gasteiger partial charge in [0.1, 0.15) is 12.4 Å². The molecule has 1 atom stereocenters. The van der Waals surface area contributed by atoms with E-state index < -0.39 is 0 Å². The number of ether oxygens (including phenoxy) is 1. The van der Waals surface area contributed by atoms with Gasteiger partial charge < -0.3 is 19.8 Å². The summed E-state index contributed by atoms with van der Waals surface area (Å²) in [6.07, 6.45) is 1.73. The van der Waals surface area contributed by atoms with Crippen molar-refractivity contribution in [1.82, 2.24) is 14.9 Å². The minimum Gasteiger partial charge on any atom is -0.491 e. The van der Waals surface area contributed by atoms with Gasteiger partial charge in [0.05, 0.1) is 12.2 Å². The SMILES string of the molecule is CCNc1nccc(-c2ccc3c(c2)CN(C(=O)c2ccc(PO)cc2)CCO3)n1. The average Bonchev–Trinajstić information content (AvgIpc) is 3.01. The fourth-order valence-electron chi connectivity index (χ4n) is 3.36. The van der Waals surface area contributed by atoms with E-state index in [2.05, 4.69) is 15.3 Å². The lowest BCUT2D eigenvalue weighted by atomic mass is 10.1. The minimum atomic E-state index is -0.275. The highest BCUT2D eigenvalue weighted by molar-refractivity contribution is 7.40. The summed E-state index contributed by atoms with van der Waals surface area (Å²) >= 11 is 0. The van der Waals surface area contributed by atoms with Crippen LogP contribution in [0.5, 0.6) is 5.75 Å². The molecule has 0 spiro atoms. The summed E-state index contributed by atoms with van der Waals surface area (Å²) in [7, 11) is -0.275. The van der Waals surface area contributed by atoms with Crippen molar-refractivity contribution in [1.29, 1.82) is 0 Å². The second-order valence-electron chi connectivity index (χ2n) is 6.88. The molecule has 1 amide bonds. The molecule has 0 radical (unpaired) electrons. The van der Waals surface area contributed by atoms with Gasteiger partial charge in [0.2, 0.25) is 5.95 Å². The van der Waals surface area contributed by atoms with E-state index in [9.17, 15) is 9.69 Å². The van der Waals surface area contributed by atoms with E-state index in [1.165, 1.54) is 0 Å². The monoisotopic (exact) mass is 422 g/mol. The molecular weight excluding hydrogens is 399 g/mol. The molecular formula is C22H23N4O3P. The van der Waals surface area contributed by atoms with Crippen LogP contribution in [-0.2, 0) is 6.54 Å². The summed E-state index contributed by atoms with van der Waals surface area (Å²) in [5.74, 6) is 1.32. The third kappa shape index (κ3) is 4.42. The smallest absolute Gasteiger partial charge is 0.254 e. The summed E-state index contributed by atoms with van der Waals surface area (Å²) in [4.78, 5) is 32.8. The number of hydrogen-bond donors (Lipinski definition) is 2. The van der Waals surface area contributed by atoms with Gasteiger partial charge in [-0.25, -0.2) is 9.97 Å². The predicted molar refractivity (Wildman–Crippen MR) is 118 cm³/mol. The number of anilines is 1. The van der Waals surface area contributed by atoms with Crippen molar-refractivity contribution in [3.8, 4) is 17.0 Å². The number of rotatable bonds is 5. The first-order valence-corrected chi connectivity index (χ1v) is 10.7. The van der Waals surface area contributed by atoms with Crippen molar-refractivity contribution in [2.24, 2.45) is 0 Å². The molecule has 0 fully saturated rings. The second-order valence-corrected chi connectivity index (χ2v) is 7.68. The second kappa shape index (κ2) is 9.20. The maximum Gasteiger partial charge on any atom is 0.254 e. The minimum absolute atomic E-state index is 0.0545. The molecule has 0 saturated carbocycles. The molecule has 7 nitrogen and oxygen atoms in total. The number of hydrogen-bond acceptors (Lipinski definition) is 6. The number of carbonyl (C=O) groups excluding carboxylic acids is 1. The lowest BCUT2D eigenvalue weighted by Gasteiger charge is -2.20. The molecule has 0 bridgehead atoms. The Morgan fingerprint density at radius 2 is 2.07 bits per heavy atom. The Morgan fingerprint density at radius 1 is 1.23 bits per heavy atom. The van der Waals surface area contributed by atoms with Crippen LogP contribution in [-0.4, -0.2) is 45.4 Å². The van der Waals surface area contributed by atoms with E-state index in [-0.39, 0.29) is 14.7 Å². The first kappa shape index (κ1) is 20.3. The van der Waals surface area contributed by atoms with E-state index in [0.29, 0.717) is 31.2 Å². The third-order valence-electron chi connectivity index (χ3n) is 4.87. The first-order chi connectivity index (χ1) is 14.7. The summed E-state index contributed by atoms with van der Waals surface area (Å²) in [6, 6.07) is 14.9. The molecule has 4 rings (SSSR count). The lowest BCUT2D eigenvalue weighted by molar-refractivity contribution is 0.0733. The van der Waals surface area contributed by atoms with E-state index in [1.807, 2.05) is 31.2 Å². The summed E-state index contributed by atoms with van der Waals surface area (Å²) in [5, 5.41) is 3.93. The number of benzene rings is 2. The van der Waals surface area contributed by atoms with Crippen LogP contribution in [0.25, 0.3) is 11.3 Å². The Hall–Kier alpha value is -3.02. The Balaban J connectivity index is 1.59. The normalized spacial score (nSPS) is 13.6. The molecule has 0 aliphatic carbocycles. The molecule has 1 unspecified atom stereocenters. The highest BCUT2D eigenvalue weighted by Gasteiger charge is 2.21. The van der Waals surface area contributed by atoms with Crippen molar-refractivity contribution in [2.75, 3.05) is 25.0 Å². The quantitative estimate of drug-likeness (QED) is 0.615. The summed E-state index contributed by atoms with van der Waals surface area (Å²) in [6.45, 7) is 4.14. The zero-order valence-electron chi connectivity index (χ0n) is 16.6. The fourth-order valence-corrected chi connectivity index (χ4v) is 3.68. The average molecular weight is 422 g/mol. The van der Waals surface area contributed by atoms with Crippen molar-refractivity contribution < 1.29 is 14.4 Å².